The Morgan fingerprint density at radius 3 is 2.78 bits per heavy atom. The van der Waals surface area contributed by atoms with Crippen molar-refractivity contribution in [2.24, 2.45) is 5.73 Å². The van der Waals surface area contributed by atoms with Gasteiger partial charge in [0.2, 0.25) is 0 Å². The first-order chi connectivity index (χ1) is 8.70. The van der Waals surface area contributed by atoms with E-state index < -0.39 is 0 Å². The van der Waals surface area contributed by atoms with Crippen molar-refractivity contribution < 1.29 is 9.13 Å². The summed E-state index contributed by atoms with van der Waals surface area (Å²) in [5.74, 6) is -0.190. The number of hydrogen-bond acceptors (Lipinski definition) is 3. The van der Waals surface area contributed by atoms with Crippen LogP contribution in [0.5, 0.6) is 0 Å². The molecule has 0 bridgehead atoms. The van der Waals surface area contributed by atoms with Crippen LogP contribution in [-0.2, 0) is 11.2 Å². The lowest BCUT2D eigenvalue weighted by Crippen LogP contribution is -2.37. The smallest absolute Gasteiger partial charge is 0.123 e. The average Bonchev–Trinajstić information content (AvgIpc) is 2.40. The van der Waals surface area contributed by atoms with Crippen LogP contribution in [0.1, 0.15) is 18.9 Å². The van der Waals surface area contributed by atoms with Crippen LogP contribution >= 0.6 is 0 Å². The molecule has 1 aromatic rings. The van der Waals surface area contributed by atoms with Crippen LogP contribution in [0.15, 0.2) is 18.2 Å². The third kappa shape index (κ3) is 3.21. The number of benzene rings is 1. The van der Waals surface area contributed by atoms with Crippen LogP contribution in [0, 0.1) is 5.82 Å². The van der Waals surface area contributed by atoms with Crippen molar-refractivity contribution in [2.75, 3.05) is 31.2 Å². The Bertz CT molecular complexity index is 391. The predicted molar refractivity (Wildman–Crippen MR) is 71.4 cm³/mol. The number of anilines is 1. The summed E-state index contributed by atoms with van der Waals surface area (Å²) >= 11 is 0. The second-order valence-corrected chi connectivity index (χ2v) is 4.74. The lowest BCUT2D eigenvalue weighted by Gasteiger charge is -2.31. The molecule has 0 aromatic heterocycles. The molecule has 1 heterocycles. The third-order valence-electron chi connectivity index (χ3n) is 3.40. The quantitative estimate of drug-likeness (QED) is 0.890. The van der Waals surface area contributed by atoms with Gasteiger partial charge in [-0.2, -0.15) is 0 Å². The monoisotopic (exact) mass is 252 g/mol. The second-order valence-electron chi connectivity index (χ2n) is 4.74. The number of ether oxygens (including phenoxy) is 1. The number of morpholine rings is 1. The average molecular weight is 252 g/mol. The highest BCUT2D eigenvalue weighted by molar-refractivity contribution is 5.54. The van der Waals surface area contributed by atoms with E-state index in [1.54, 1.807) is 6.07 Å². The van der Waals surface area contributed by atoms with Crippen molar-refractivity contribution in [3.05, 3.63) is 29.6 Å². The number of nitrogens with two attached hydrogens (primary N) is 1. The molecule has 0 amide bonds. The van der Waals surface area contributed by atoms with Crippen molar-refractivity contribution in [3.63, 3.8) is 0 Å². The second kappa shape index (κ2) is 6.16. The zero-order valence-electron chi connectivity index (χ0n) is 10.9. The molecule has 100 valence electrons. The first kappa shape index (κ1) is 13.3. The van der Waals surface area contributed by atoms with Gasteiger partial charge in [0, 0.05) is 24.8 Å². The van der Waals surface area contributed by atoms with Gasteiger partial charge in [0.15, 0.2) is 0 Å². The van der Waals surface area contributed by atoms with Crippen molar-refractivity contribution in [3.8, 4) is 0 Å². The van der Waals surface area contributed by atoms with Crippen LogP contribution in [0.4, 0.5) is 10.1 Å². The van der Waals surface area contributed by atoms with Gasteiger partial charge in [0.25, 0.3) is 0 Å². The van der Waals surface area contributed by atoms with E-state index in [0.29, 0.717) is 0 Å². The van der Waals surface area contributed by atoms with Crippen LogP contribution in [-0.4, -0.2) is 32.3 Å². The van der Waals surface area contributed by atoms with Crippen LogP contribution in [0.25, 0.3) is 0 Å². The molecule has 1 unspecified atom stereocenters. The lowest BCUT2D eigenvalue weighted by molar-refractivity contribution is 0.122. The fraction of sp³-hybridized carbons (Fsp3) is 0.571. The zero-order valence-corrected chi connectivity index (χ0v) is 10.9. The molecule has 1 aliphatic rings. The number of nitrogens with zero attached hydrogens (tertiary/aromatic N) is 1. The molecular weight excluding hydrogens is 231 g/mol. The Hall–Kier alpha value is -1.13. The molecule has 18 heavy (non-hydrogen) atoms. The number of halogens is 1. The maximum atomic E-state index is 13.4. The van der Waals surface area contributed by atoms with E-state index in [4.69, 9.17) is 10.5 Å². The summed E-state index contributed by atoms with van der Waals surface area (Å²) in [4.78, 5) is 2.25. The third-order valence-corrected chi connectivity index (χ3v) is 3.40. The zero-order chi connectivity index (χ0) is 13.0. The van der Waals surface area contributed by atoms with Gasteiger partial charge in [-0.25, -0.2) is 4.39 Å². The Balaban J connectivity index is 2.21. The molecule has 1 atom stereocenters. The minimum atomic E-state index is -0.190. The van der Waals surface area contributed by atoms with Gasteiger partial charge in [-0.15, -0.1) is 0 Å². The standard InChI is InChI=1S/C14H21FN2O/c1-2-13(16)10-11-9-12(15)3-4-14(11)17-5-7-18-8-6-17/h3-4,9,13H,2,5-8,10,16H2,1H3. The van der Waals surface area contributed by atoms with Gasteiger partial charge in [0.1, 0.15) is 5.82 Å². The topological polar surface area (TPSA) is 38.5 Å². The van der Waals surface area contributed by atoms with E-state index in [1.165, 1.54) is 6.07 Å². The molecule has 0 saturated carbocycles. The van der Waals surface area contributed by atoms with E-state index in [2.05, 4.69) is 11.8 Å². The highest BCUT2D eigenvalue weighted by atomic mass is 19.1. The Morgan fingerprint density at radius 2 is 2.11 bits per heavy atom. The Labute approximate surface area is 108 Å². The maximum absolute atomic E-state index is 13.4. The molecule has 0 aliphatic carbocycles. The fourth-order valence-corrected chi connectivity index (χ4v) is 2.26. The van der Waals surface area contributed by atoms with E-state index in [9.17, 15) is 4.39 Å². The van der Waals surface area contributed by atoms with Crippen molar-refractivity contribution >= 4 is 5.69 Å². The van der Waals surface area contributed by atoms with Gasteiger partial charge in [-0.3, -0.25) is 0 Å². The summed E-state index contributed by atoms with van der Waals surface area (Å²) in [5, 5.41) is 0. The molecule has 3 nitrogen and oxygen atoms in total. The van der Waals surface area contributed by atoms with Crippen LogP contribution < -0.4 is 10.6 Å². The largest absolute Gasteiger partial charge is 0.378 e. The molecule has 1 fully saturated rings. The first-order valence-corrected chi connectivity index (χ1v) is 6.57. The number of hydrogen-bond donors (Lipinski definition) is 1. The highest BCUT2D eigenvalue weighted by Crippen LogP contribution is 2.24. The van der Waals surface area contributed by atoms with Crippen LogP contribution in [0.2, 0.25) is 0 Å². The predicted octanol–water partition coefficient (Wildman–Crippen LogP) is 1.94. The van der Waals surface area contributed by atoms with Crippen molar-refractivity contribution in [1.82, 2.24) is 0 Å². The lowest BCUT2D eigenvalue weighted by atomic mass is 10.0. The molecule has 1 aromatic carbocycles. The minimum absolute atomic E-state index is 0.0894. The van der Waals surface area contributed by atoms with Gasteiger partial charge >= 0.3 is 0 Å². The number of rotatable bonds is 4. The van der Waals surface area contributed by atoms with Gasteiger partial charge in [-0.05, 0) is 36.6 Å². The fourth-order valence-electron chi connectivity index (χ4n) is 2.26. The van der Waals surface area contributed by atoms with E-state index in [0.717, 1.165) is 50.4 Å². The molecular formula is C14H21FN2O. The molecule has 1 aliphatic heterocycles. The van der Waals surface area contributed by atoms with E-state index >= 15 is 0 Å². The van der Waals surface area contributed by atoms with Crippen molar-refractivity contribution in [1.29, 1.82) is 0 Å². The Morgan fingerprint density at radius 1 is 1.39 bits per heavy atom. The summed E-state index contributed by atoms with van der Waals surface area (Å²) in [6.07, 6.45) is 1.63. The van der Waals surface area contributed by atoms with E-state index in [-0.39, 0.29) is 11.9 Å². The van der Waals surface area contributed by atoms with Gasteiger partial charge in [0.05, 0.1) is 13.2 Å². The molecule has 1 saturated heterocycles. The SMILES string of the molecule is CCC(N)Cc1cc(F)ccc1N1CCOCC1. The maximum Gasteiger partial charge on any atom is 0.123 e. The van der Waals surface area contributed by atoms with E-state index in [1.807, 2.05) is 6.07 Å². The summed E-state index contributed by atoms with van der Waals surface area (Å²) < 4.78 is 18.7. The van der Waals surface area contributed by atoms with Crippen molar-refractivity contribution in [2.45, 2.75) is 25.8 Å². The molecule has 0 radical (unpaired) electrons. The Kier molecular flexibility index (Phi) is 4.55. The molecule has 2 rings (SSSR count). The summed E-state index contributed by atoms with van der Waals surface area (Å²) in [6.45, 7) is 5.24. The highest BCUT2D eigenvalue weighted by Gasteiger charge is 2.16. The summed E-state index contributed by atoms with van der Waals surface area (Å²) in [6, 6.07) is 5.08. The van der Waals surface area contributed by atoms with Crippen LogP contribution in [0.3, 0.4) is 0 Å². The first-order valence-electron chi connectivity index (χ1n) is 6.57. The molecule has 0 spiro atoms. The van der Waals surface area contributed by atoms with Gasteiger partial charge in [-0.1, -0.05) is 6.92 Å². The van der Waals surface area contributed by atoms with Gasteiger partial charge < -0.3 is 15.4 Å². The molecule has 2 N–H and O–H groups in total. The summed E-state index contributed by atoms with van der Waals surface area (Å²) in [7, 11) is 0. The minimum Gasteiger partial charge on any atom is -0.378 e. The normalized spacial score (nSPS) is 17.8. The summed E-state index contributed by atoms with van der Waals surface area (Å²) in [5.41, 5.74) is 8.09. The molecule has 4 heteroatoms.